The van der Waals surface area contributed by atoms with Gasteiger partial charge in [0.05, 0.1) is 6.00 Å². The zero-order chi connectivity index (χ0) is 9.07. The third kappa shape index (κ3) is 3.57. The quantitative estimate of drug-likeness (QED) is 0.442. The minimum Gasteiger partial charge on any atom is -0.273 e. The average molecular weight is 222 g/mol. The van der Waals surface area contributed by atoms with Crippen LogP contribution in [-0.4, -0.2) is 28.8 Å². The highest BCUT2D eigenvalue weighted by Crippen LogP contribution is 2.13. The Kier molecular flexibility index (Phi) is 4.65. The van der Waals surface area contributed by atoms with Gasteiger partial charge < -0.3 is 0 Å². The summed E-state index contributed by atoms with van der Waals surface area (Å²) < 4.78 is 30.1. The highest BCUT2D eigenvalue weighted by atomic mass is 35.5. The molecule has 0 aliphatic rings. The van der Waals surface area contributed by atoms with Crippen molar-refractivity contribution in [2.24, 2.45) is 0 Å². The lowest BCUT2D eigenvalue weighted by molar-refractivity contribution is 0.359. The van der Waals surface area contributed by atoms with Crippen LogP contribution in [-0.2, 0) is 10.3 Å². The number of hydrogen-bond donors (Lipinski definition) is 1. The monoisotopic (exact) mass is 221 g/mol. The topological polar surface area (TPSA) is 57.6 Å². The summed E-state index contributed by atoms with van der Waals surface area (Å²) in [5.41, 5.74) is -0.789. The van der Waals surface area contributed by atoms with Crippen LogP contribution in [0.15, 0.2) is 0 Å². The van der Waals surface area contributed by atoms with E-state index in [1.165, 1.54) is 0 Å². The van der Waals surface area contributed by atoms with E-state index in [1.807, 2.05) is 0 Å². The third-order valence-corrected chi connectivity index (χ3v) is 3.10. The first-order valence-electron chi connectivity index (χ1n) is 2.87. The van der Waals surface area contributed by atoms with Crippen LogP contribution in [0.25, 0.3) is 0 Å². The summed E-state index contributed by atoms with van der Waals surface area (Å²) in [6.45, 7) is 1.68. The van der Waals surface area contributed by atoms with E-state index in [-0.39, 0.29) is 6.00 Å². The molecule has 1 N–H and O–H groups in total. The molecule has 0 aliphatic heterocycles. The minimum absolute atomic E-state index is 0.346. The lowest BCUT2D eigenvalue weighted by atomic mass is 10.5. The van der Waals surface area contributed by atoms with E-state index in [0.29, 0.717) is 10.7 Å². The highest BCUT2D eigenvalue weighted by Gasteiger charge is 2.24. The van der Waals surface area contributed by atoms with Gasteiger partial charge in [0.1, 0.15) is 5.50 Å². The van der Waals surface area contributed by atoms with Crippen molar-refractivity contribution in [2.45, 2.75) is 18.8 Å². The fourth-order valence-corrected chi connectivity index (χ4v) is 2.02. The van der Waals surface area contributed by atoms with Crippen molar-refractivity contribution in [3.63, 3.8) is 0 Å². The van der Waals surface area contributed by atoms with Gasteiger partial charge in [-0.1, -0.05) is 6.92 Å². The van der Waals surface area contributed by atoms with Crippen LogP contribution in [0.4, 0.5) is 0 Å². The molecule has 0 aromatic heterocycles. The molecule has 0 fully saturated rings. The first-order valence-corrected chi connectivity index (χ1v) is 5.24. The molecule has 1 unspecified atom stereocenters. The van der Waals surface area contributed by atoms with Crippen LogP contribution < -0.4 is 0 Å². The van der Waals surface area contributed by atoms with Crippen molar-refractivity contribution in [3.8, 4) is 0 Å². The van der Waals surface area contributed by atoms with Crippen molar-refractivity contribution in [1.29, 1.82) is 0 Å². The number of halogens is 2. The molecule has 0 aromatic carbocycles. The summed E-state index contributed by atoms with van der Waals surface area (Å²) in [5, 5.41) is 0. The molecular weight excluding hydrogens is 213 g/mol. The van der Waals surface area contributed by atoms with Crippen LogP contribution in [0.3, 0.4) is 0 Å². The van der Waals surface area contributed by atoms with Gasteiger partial charge in [-0.2, -0.15) is 8.42 Å². The summed E-state index contributed by atoms with van der Waals surface area (Å²) in [6.07, 6.45) is 0.383. The second kappa shape index (κ2) is 4.47. The summed E-state index contributed by atoms with van der Waals surface area (Å²) in [4.78, 5) is 0. The number of alkyl halides is 2. The van der Waals surface area contributed by atoms with Crippen LogP contribution in [0.2, 0.25) is 0 Å². The molecule has 0 rings (SSSR count). The molecule has 68 valence electrons. The molecule has 0 spiro atoms. The van der Waals surface area contributed by atoms with Gasteiger partial charge in [0.15, 0.2) is 0 Å². The maximum absolute atomic E-state index is 10.5. The molecule has 4 nitrogen and oxygen atoms in total. The SMILES string of the molecule is CCC(Cl)N(CCl)S(=O)(=O)O. The molecular formula is C4H9Cl2NO3S. The molecule has 7 heteroatoms. The van der Waals surface area contributed by atoms with E-state index >= 15 is 0 Å². The van der Waals surface area contributed by atoms with Crippen LogP contribution in [0.1, 0.15) is 13.3 Å². The van der Waals surface area contributed by atoms with Crippen molar-refractivity contribution < 1.29 is 13.0 Å². The normalized spacial score (nSPS) is 15.4. The van der Waals surface area contributed by atoms with Gasteiger partial charge in [-0.15, -0.1) is 27.5 Å². The molecule has 0 radical (unpaired) electrons. The van der Waals surface area contributed by atoms with Gasteiger partial charge in [-0.05, 0) is 6.42 Å². The third-order valence-electron chi connectivity index (χ3n) is 1.06. The van der Waals surface area contributed by atoms with Crippen molar-refractivity contribution >= 4 is 33.5 Å². The summed E-state index contributed by atoms with van der Waals surface area (Å²) in [6, 6.07) is -0.346. The predicted octanol–water partition coefficient (Wildman–Crippen LogP) is 1.26. The van der Waals surface area contributed by atoms with Crippen molar-refractivity contribution in [3.05, 3.63) is 0 Å². The molecule has 0 aliphatic carbocycles. The zero-order valence-electron chi connectivity index (χ0n) is 5.87. The lowest BCUT2D eigenvalue weighted by Crippen LogP contribution is -2.35. The first-order chi connectivity index (χ1) is 4.93. The lowest BCUT2D eigenvalue weighted by Gasteiger charge is -2.19. The molecule has 0 heterocycles. The Morgan fingerprint density at radius 2 is 2.09 bits per heavy atom. The maximum atomic E-state index is 10.5. The fraction of sp³-hybridized carbons (Fsp3) is 1.00. The second-order valence-electron chi connectivity index (χ2n) is 1.83. The number of hydrogen-bond acceptors (Lipinski definition) is 2. The van der Waals surface area contributed by atoms with Gasteiger partial charge in [-0.3, -0.25) is 4.55 Å². The average Bonchev–Trinajstić information content (AvgIpc) is 1.86. The number of rotatable bonds is 4. The molecule has 1 atom stereocenters. The molecule has 0 bridgehead atoms. The Hall–Kier alpha value is 0.450. The minimum atomic E-state index is -4.26. The zero-order valence-corrected chi connectivity index (χ0v) is 8.20. The second-order valence-corrected chi connectivity index (χ2v) is 3.93. The van der Waals surface area contributed by atoms with Crippen LogP contribution in [0.5, 0.6) is 0 Å². The molecule has 0 saturated heterocycles. The predicted molar refractivity (Wildman–Crippen MR) is 44.0 cm³/mol. The summed E-state index contributed by atoms with van der Waals surface area (Å²) in [5.74, 6) is 0. The molecule has 0 saturated carbocycles. The van der Waals surface area contributed by atoms with Crippen molar-refractivity contribution in [2.75, 3.05) is 6.00 Å². The van der Waals surface area contributed by atoms with E-state index in [0.717, 1.165) is 0 Å². The standard InChI is InChI=1S/C4H9Cl2NO3S/c1-2-4(6)7(3-5)11(8,9)10/h4H,2-3H2,1H3,(H,8,9,10). The molecule has 0 amide bonds. The van der Waals surface area contributed by atoms with E-state index < -0.39 is 15.8 Å². The first kappa shape index (κ1) is 11.4. The Labute approximate surface area is 76.0 Å². The van der Waals surface area contributed by atoms with E-state index in [4.69, 9.17) is 27.8 Å². The Morgan fingerprint density at radius 3 is 2.18 bits per heavy atom. The van der Waals surface area contributed by atoms with Gasteiger partial charge >= 0.3 is 10.3 Å². The number of nitrogens with zero attached hydrogens (tertiary/aromatic N) is 1. The smallest absolute Gasteiger partial charge is 0.273 e. The summed E-state index contributed by atoms with van der Waals surface area (Å²) in [7, 11) is -4.26. The van der Waals surface area contributed by atoms with E-state index in [2.05, 4.69) is 0 Å². The summed E-state index contributed by atoms with van der Waals surface area (Å²) >= 11 is 10.7. The molecule has 0 aromatic rings. The largest absolute Gasteiger partial charge is 0.338 e. The molecule has 11 heavy (non-hydrogen) atoms. The van der Waals surface area contributed by atoms with Crippen LogP contribution in [0, 0.1) is 0 Å². The van der Waals surface area contributed by atoms with E-state index in [1.54, 1.807) is 6.92 Å². The Morgan fingerprint density at radius 1 is 1.64 bits per heavy atom. The van der Waals surface area contributed by atoms with Crippen molar-refractivity contribution in [1.82, 2.24) is 4.31 Å². The Bertz CT molecular complexity index is 205. The van der Waals surface area contributed by atoms with Gasteiger partial charge in [0.2, 0.25) is 0 Å². The van der Waals surface area contributed by atoms with E-state index in [9.17, 15) is 8.42 Å². The Balaban J connectivity index is 4.42. The van der Waals surface area contributed by atoms with Gasteiger partial charge in [0.25, 0.3) is 0 Å². The van der Waals surface area contributed by atoms with Gasteiger partial charge in [-0.25, -0.2) is 0 Å². The van der Waals surface area contributed by atoms with Gasteiger partial charge in [0, 0.05) is 0 Å². The fourth-order valence-electron chi connectivity index (χ4n) is 0.485. The highest BCUT2D eigenvalue weighted by molar-refractivity contribution is 7.83. The maximum Gasteiger partial charge on any atom is 0.338 e. The van der Waals surface area contributed by atoms with Crippen LogP contribution >= 0.6 is 23.2 Å².